The maximum Gasteiger partial charge on any atom is 0.317 e. The normalized spacial score (nSPS) is 78.1. The molecule has 3 heteroatoms. The lowest BCUT2D eigenvalue weighted by atomic mass is 9.09. The van der Waals surface area contributed by atoms with E-state index in [0.717, 1.165) is 35.5 Å². The van der Waals surface area contributed by atoms with Crippen molar-refractivity contribution in [2.45, 2.75) is 0 Å². The predicted molar refractivity (Wildman–Crippen MR) is 46.0 cm³/mol. The first-order chi connectivity index (χ1) is 7.30. The number of ether oxygens (including phenoxy) is 1. The van der Waals surface area contributed by atoms with Crippen LogP contribution in [0.1, 0.15) is 0 Å². The average Bonchev–Trinajstić information content (AvgIpc) is 2.42. The number of carbonyl (C=O) groups excluding carboxylic acids is 2. The van der Waals surface area contributed by atoms with Crippen LogP contribution in [0.15, 0.2) is 0 Å². The molecule has 6 aliphatic carbocycles. The second-order valence-electron chi connectivity index (χ2n) is 6.41. The van der Waals surface area contributed by atoms with Crippen LogP contribution in [0.5, 0.6) is 0 Å². The van der Waals surface area contributed by atoms with Crippen molar-refractivity contribution in [2.75, 3.05) is 0 Å². The van der Waals surface area contributed by atoms with Crippen molar-refractivity contribution >= 4 is 11.9 Å². The van der Waals surface area contributed by atoms with Gasteiger partial charge in [0.25, 0.3) is 0 Å². The SMILES string of the molecule is O=C1OC(=O)[C@@H]2C3[C@@H]4C5C6[C@@H]4C([C@H]6[C@@H]53)[C@@H]12. The Labute approximate surface area is 86.2 Å². The summed E-state index contributed by atoms with van der Waals surface area (Å²) in [6.07, 6.45) is 0. The number of carbonyl (C=O) groups is 2. The summed E-state index contributed by atoms with van der Waals surface area (Å²) in [5, 5.41) is 0. The first kappa shape index (κ1) is 6.66. The molecule has 1 saturated heterocycles. The van der Waals surface area contributed by atoms with Gasteiger partial charge in [-0.25, -0.2) is 0 Å². The van der Waals surface area contributed by atoms with Crippen molar-refractivity contribution in [3.63, 3.8) is 0 Å². The van der Waals surface area contributed by atoms with Crippen LogP contribution in [0.25, 0.3) is 0 Å². The molecule has 0 aromatic rings. The second-order valence-corrected chi connectivity index (χ2v) is 6.41. The first-order valence-electron chi connectivity index (χ1n) is 6.06. The number of hydrogen-bond donors (Lipinski definition) is 0. The lowest BCUT2D eigenvalue weighted by Crippen LogP contribution is -2.92. The zero-order chi connectivity index (χ0) is 9.64. The van der Waals surface area contributed by atoms with Gasteiger partial charge >= 0.3 is 11.9 Å². The fourth-order valence-electron chi connectivity index (χ4n) is 6.83. The number of cyclic esters (lactones) is 2. The molecule has 4 unspecified atom stereocenters. The Bertz CT molecular complexity index is 407. The van der Waals surface area contributed by atoms with E-state index in [4.69, 9.17) is 4.74 Å². The highest BCUT2D eigenvalue weighted by Crippen LogP contribution is 2.93. The van der Waals surface area contributed by atoms with E-state index in [1.54, 1.807) is 0 Å². The van der Waals surface area contributed by atoms with Crippen molar-refractivity contribution in [2.24, 2.45) is 59.2 Å². The van der Waals surface area contributed by atoms with Crippen molar-refractivity contribution in [3.05, 3.63) is 0 Å². The Morgan fingerprint density at radius 1 is 0.600 bits per heavy atom. The summed E-state index contributed by atoms with van der Waals surface area (Å²) < 4.78 is 4.86. The van der Waals surface area contributed by atoms with Gasteiger partial charge in [-0.1, -0.05) is 0 Å². The summed E-state index contributed by atoms with van der Waals surface area (Å²) in [6.45, 7) is 0. The standard InChI is InChI=1S/C12H10O3/c13-11-9-7-3-1-2-5(3)8(6(2)4(1)7)10(9)12(14)15-11/h1-10H/t1?,2?,3-,4-,5-,6+,7?,8?,9-,10-/m1/s1. The van der Waals surface area contributed by atoms with Gasteiger partial charge in [-0.15, -0.1) is 0 Å². The molecule has 0 aromatic carbocycles. The lowest BCUT2D eigenvalue weighted by molar-refractivity contribution is -0.475. The van der Waals surface area contributed by atoms with E-state index < -0.39 is 0 Å². The summed E-state index contributed by atoms with van der Waals surface area (Å²) in [7, 11) is 0. The molecule has 6 saturated carbocycles. The number of esters is 2. The monoisotopic (exact) mass is 202 g/mol. The van der Waals surface area contributed by atoms with Gasteiger partial charge < -0.3 is 4.74 Å². The molecule has 1 aliphatic heterocycles. The summed E-state index contributed by atoms with van der Waals surface area (Å²) in [6, 6.07) is 0. The van der Waals surface area contributed by atoms with Crippen LogP contribution >= 0.6 is 0 Å². The van der Waals surface area contributed by atoms with Crippen LogP contribution in [0.3, 0.4) is 0 Å². The quantitative estimate of drug-likeness (QED) is 0.419. The van der Waals surface area contributed by atoms with Crippen molar-refractivity contribution in [1.29, 1.82) is 0 Å². The lowest BCUT2D eigenvalue weighted by Gasteiger charge is -2.94. The molecule has 7 fully saturated rings. The van der Waals surface area contributed by atoms with Crippen LogP contribution in [0, 0.1) is 59.2 Å². The molecule has 3 nitrogen and oxygen atoms in total. The van der Waals surface area contributed by atoms with Crippen LogP contribution < -0.4 is 0 Å². The smallest absolute Gasteiger partial charge is 0.317 e. The summed E-state index contributed by atoms with van der Waals surface area (Å²) in [5.41, 5.74) is 0. The van der Waals surface area contributed by atoms with E-state index in [1.807, 2.05) is 0 Å². The Hall–Kier alpha value is -0.860. The molecule has 0 radical (unpaired) electrons. The Morgan fingerprint density at radius 2 is 0.933 bits per heavy atom. The van der Waals surface area contributed by atoms with Crippen LogP contribution in [0.4, 0.5) is 0 Å². The highest BCUT2D eigenvalue weighted by Gasteiger charge is 2.93. The van der Waals surface area contributed by atoms with Gasteiger partial charge in [0.15, 0.2) is 0 Å². The molecular formula is C12H10O3. The summed E-state index contributed by atoms with van der Waals surface area (Å²) >= 11 is 0. The predicted octanol–water partition coefficient (Wildman–Crippen LogP) is 0.300. The van der Waals surface area contributed by atoms with Gasteiger partial charge in [-0.3, -0.25) is 9.59 Å². The molecule has 76 valence electrons. The minimum Gasteiger partial charge on any atom is -0.393 e. The zero-order valence-corrected chi connectivity index (χ0v) is 8.00. The molecule has 7 rings (SSSR count). The minimum atomic E-state index is -0.189. The highest BCUT2D eigenvalue weighted by atomic mass is 16.6. The Kier molecular flexibility index (Phi) is 0.659. The summed E-state index contributed by atoms with van der Waals surface area (Å²) in [4.78, 5) is 23.3. The van der Waals surface area contributed by atoms with Gasteiger partial charge in [0.2, 0.25) is 0 Å². The molecule has 15 heavy (non-hydrogen) atoms. The van der Waals surface area contributed by atoms with Gasteiger partial charge in [0.05, 0.1) is 11.8 Å². The van der Waals surface area contributed by atoms with E-state index in [0.29, 0.717) is 11.8 Å². The van der Waals surface area contributed by atoms with E-state index in [2.05, 4.69) is 0 Å². The third-order valence-electron chi connectivity index (χ3n) is 6.85. The maximum atomic E-state index is 11.7. The molecule has 0 aromatic heterocycles. The minimum absolute atomic E-state index is 0.0116. The van der Waals surface area contributed by atoms with Crippen molar-refractivity contribution in [3.8, 4) is 0 Å². The number of hydrogen-bond acceptors (Lipinski definition) is 3. The largest absolute Gasteiger partial charge is 0.393 e. The molecule has 10 atom stereocenters. The van der Waals surface area contributed by atoms with E-state index in [9.17, 15) is 9.59 Å². The van der Waals surface area contributed by atoms with Gasteiger partial charge in [0, 0.05) is 0 Å². The zero-order valence-electron chi connectivity index (χ0n) is 8.00. The third kappa shape index (κ3) is 0.362. The van der Waals surface area contributed by atoms with Gasteiger partial charge in [0.1, 0.15) is 0 Å². The van der Waals surface area contributed by atoms with Crippen molar-refractivity contribution < 1.29 is 14.3 Å². The highest BCUT2D eigenvalue weighted by molar-refractivity contribution is 5.98. The molecule has 0 spiro atoms. The fraction of sp³-hybridized carbons (Fsp3) is 0.833. The van der Waals surface area contributed by atoms with Crippen LogP contribution in [-0.4, -0.2) is 11.9 Å². The second kappa shape index (κ2) is 1.48. The molecule has 7 aliphatic rings. The molecular weight excluding hydrogens is 192 g/mol. The van der Waals surface area contributed by atoms with Gasteiger partial charge in [-0.05, 0) is 47.3 Å². The van der Waals surface area contributed by atoms with E-state index in [1.165, 1.54) is 0 Å². The average molecular weight is 202 g/mol. The van der Waals surface area contributed by atoms with Crippen LogP contribution in [0.2, 0.25) is 0 Å². The fourth-order valence-corrected chi connectivity index (χ4v) is 6.83. The Balaban J connectivity index is 1.60. The van der Waals surface area contributed by atoms with E-state index >= 15 is 0 Å². The first-order valence-corrected chi connectivity index (χ1v) is 6.06. The molecule has 1 heterocycles. The molecule has 2 bridgehead atoms. The summed E-state index contributed by atoms with van der Waals surface area (Å²) in [5.74, 6) is 5.99. The third-order valence-corrected chi connectivity index (χ3v) is 6.85. The molecule has 0 amide bonds. The number of rotatable bonds is 0. The van der Waals surface area contributed by atoms with Crippen molar-refractivity contribution in [1.82, 2.24) is 0 Å². The molecule has 0 N–H and O–H groups in total. The van der Waals surface area contributed by atoms with Gasteiger partial charge in [-0.2, -0.15) is 0 Å². The van der Waals surface area contributed by atoms with Crippen LogP contribution in [-0.2, 0) is 14.3 Å². The Morgan fingerprint density at radius 3 is 1.33 bits per heavy atom. The maximum absolute atomic E-state index is 11.7. The topological polar surface area (TPSA) is 43.4 Å². The van der Waals surface area contributed by atoms with E-state index in [-0.39, 0.29) is 23.8 Å².